The van der Waals surface area contributed by atoms with E-state index in [4.69, 9.17) is 4.74 Å². The molecule has 0 saturated carbocycles. The first kappa shape index (κ1) is 15.7. The molecule has 1 aromatic rings. The Bertz CT molecular complexity index is 508. The molecule has 5 heteroatoms. The topological polar surface area (TPSA) is 60.4 Å². The number of ether oxygens (including phenoxy) is 1. The van der Waals surface area contributed by atoms with Crippen molar-refractivity contribution < 1.29 is 17.9 Å². The van der Waals surface area contributed by atoms with Gasteiger partial charge in [-0.1, -0.05) is 37.3 Å². The quantitative estimate of drug-likeness (QED) is 0.753. The van der Waals surface area contributed by atoms with Crippen LogP contribution in [0.3, 0.4) is 0 Å². The van der Waals surface area contributed by atoms with Crippen LogP contribution in [0.2, 0.25) is 0 Å². The highest BCUT2D eigenvalue weighted by atomic mass is 32.2. The monoisotopic (exact) mass is 284 g/mol. The maximum Gasteiger partial charge on any atom is 0.328 e. The van der Waals surface area contributed by atoms with E-state index in [9.17, 15) is 13.2 Å². The lowest BCUT2D eigenvalue weighted by molar-refractivity contribution is -0.142. The molecule has 1 aromatic carbocycles. The maximum absolute atomic E-state index is 12.5. The Balaban J connectivity index is 3.25. The lowest BCUT2D eigenvalue weighted by atomic mass is 10.1. The van der Waals surface area contributed by atoms with Gasteiger partial charge in [-0.05, 0) is 25.8 Å². The van der Waals surface area contributed by atoms with Crippen molar-refractivity contribution in [3.8, 4) is 0 Å². The summed E-state index contributed by atoms with van der Waals surface area (Å²) in [6, 6.07) is 8.49. The number of carbonyl (C=O) groups is 1. The summed E-state index contributed by atoms with van der Waals surface area (Å²) in [6.45, 7) is 5.23. The number of sulfone groups is 1. The number of esters is 1. The average Bonchev–Trinajstić information content (AvgIpc) is 2.39. The molecule has 4 nitrogen and oxygen atoms in total. The SMILES string of the molecule is CCOC(=O)C(c1ccccc1)S(=O)(=O)C(C)CC. The van der Waals surface area contributed by atoms with E-state index in [1.165, 1.54) is 0 Å². The number of hydrogen-bond donors (Lipinski definition) is 0. The molecular weight excluding hydrogens is 264 g/mol. The van der Waals surface area contributed by atoms with Crippen molar-refractivity contribution in [3.63, 3.8) is 0 Å². The van der Waals surface area contributed by atoms with E-state index >= 15 is 0 Å². The second-order valence-corrected chi connectivity index (χ2v) is 6.80. The third-order valence-electron chi connectivity index (χ3n) is 3.07. The van der Waals surface area contributed by atoms with Crippen molar-refractivity contribution in [2.75, 3.05) is 6.61 Å². The van der Waals surface area contributed by atoms with Crippen LogP contribution in [-0.4, -0.2) is 26.2 Å². The number of rotatable bonds is 6. The van der Waals surface area contributed by atoms with Crippen molar-refractivity contribution in [2.24, 2.45) is 0 Å². The van der Waals surface area contributed by atoms with Gasteiger partial charge in [0.25, 0.3) is 0 Å². The minimum absolute atomic E-state index is 0.165. The van der Waals surface area contributed by atoms with Crippen molar-refractivity contribution >= 4 is 15.8 Å². The van der Waals surface area contributed by atoms with Gasteiger partial charge in [-0.25, -0.2) is 8.42 Å². The zero-order valence-electron chi connectivity index (χ0n) is 11.5. The normalized spacial score (nSPS) is 14.7. The van der Waals surface area contributed by atoms with Gasteiger partial charge in [0.1, 0.15) is 0 Å². The summed E-state index contributed by atoms with van der Waals surface area (Å²) < 4.78 is 29.9. The first-order valence-electron chi connectivity index (χ1n) is 6.39. The van der Waals surface area contributed by atoms with Gasteiger partial charge >= 0.3 is 5.97 Å². The second-order valence-electron chi connectivity index (χ2n) is 4.35. The van der Waals surface area contributed by atoms with Gasteiger partial charge in [-0.2, -0.15) is 0 Å². The zero-order valence-corrected chi connectivity index (χ0v) is 12.3. The van der Waals surface area contributed by atoms with Crippen LogP contribution >= 0.6 is 0 Å². The van der Waals surface area contributed by atoms with Gasteiger partial charge < -0.3 is 4.74 Å². The van der Waals surface area contributed by atoms with E-state index in [1.807, 2.05) is 0 Å². The second kappa shape index (κ2) is 6.70. The van der Waals surface area contributed by atoms with Crippen LogP contribution in [0.15, 0.2) is 30.3 Å². The number of benzene rings is 1. The van der Waals surface area contributed by atoms with Crippen molar-refractivity contribution in [3.05, 3.63) is 35.9 Å². The minimum atomic E-state index is -3.60. The first-order valence-corrected chi connectivity index (χ1v) is 8.00. The Labute approximate surface area is 114 Å². The summed E-state index contributed by atoms with van der Waals surface area (Å²) in [4.78, 5) is 12.0. The molecule has 2 atom stereocenters. The van der Waals surface area contributed by atoms with E-state index in [2.05, 4.69) is 0 Å². The number of carbonyl (C=O) groups excluding carboxylic acids is 1. The van der Waals surface area contributed by atoms with Crippen LogP contribution in [-0.2, 0) is 19.4 Å². The fourth-order valence-electron chi connectivity index (χ4n) is 1.77. The molecule has 106 valence electrons. The Kier molecular flexibility index (Phi) is 5.54. The predicted molar refractivity (Wildman–Crippen MR) is 74.5 cm³/mol. The number of hydrogen-bond acceptors (Lipinski definition) is 4. The van der Waals surface area contributed by atoms with Gasteiger partial charge in [0.2, 0.25) is 0 Å². The molecule has 0 spiro atoms. The molecule has 0 amide bonds. The van der Waals surface area contributed by atoms with Crippen LogP contribution in [0.4, 0.5) is 0 Å². The Morgan fingerprint density at radius 1 is 1.21 bits per heavy atom. The smallest absolute Gasteiger partial charge is 0.328 e. The summed E-state index contributed by atoms with van der Waals surface area (Å²) in [5, 5.41) is -1.81. The lowest BCUT2D eigenvalue weighted by Crippen LogP contribution is -2.31. The third-order valence-corrected chi connectivity index (χ3v) is 5.64. The largest absolute Gasteiger partial charge is 0.465 e. The third kappa shape index (κ3) is 3.56. The minimum Gasteiger partial charge on any atom is -0.465 e. The summed E-state index contributed by atoms with van der Waals surface area (Å²) >= 11 is 0. The highest BCUT2D eigenvalue weighted by molar-refractivity contribution is 7.92. The van der Waals surface area contributed by atoms with Crippen molar-refractivity contribution in [1.82, 2.24) is 0 Å². The molecule has 0 saturated heterocycles. The molecule has 1 rings (SSSR count). The molecule has 0 heterocycles. The van der Waals surface area contributed by atoms with E-state index in [0.29, 0.717) is 12.0 Å². The van der Waals surface area contributed by atoms with Crippen LogP contribution < -0.4 is 0 Å². The molecule has 0 fully saturated rings. The summed E-state index contributed by atoms with van der Waals surface area (Å²) in [5.74, 6) is -0.700. The first-order chi connectivity index (χ1) is 8.95. The zero-order chi connectivity index (χ0) is 14.5. The van der Waals surface area contributed by atoms with E-state index in [0.717, 1.165) is 0 Å². The highest BCUT2D eigenvalue weighted by Gasteiger charge is 2.38. The highest BCUT2D eigenvalue weighted by Crippen LogP contribution is 2.28. The molecule has 0 aliphatic carbocycles. The molecule has 2 unspecified atom stereocenters. The van der Waals surface area contributed by atoms with Gasteiger partial charge in [0.05, 0.1) is 11.9 Å². The fraction of sp³-hybridized carbons (Fsp3) is 0.500. The Morgan fingerprint density at radius 3 is 2.26 bits per heavy atom. The molecule has 0 radical (unpaired) electrons. The molecule has 19 heavy (non-hydrogen) atoms. The van der Waals surface area contributed by atoms with Crippen molar-refractivity contribution in [1.29, 1.82) is 0 Å². The molecule has 0 aliphatic heterocycles. The lowest BCUT2D eigenvalue weighted by Gasteiger charge is -2.20. The molecular formula is C14H20O4S. The Hall–Kier alpha value is -1.36. The summed E-state index contributed by atoms with van der Waals surface area (Å²) in [6.07, 6.45) is 0.463. The van der Waals surface area contributed by atoms with Gasteiger partial charge in [0.15, 0.2) is 15.1 Å². The molecule has 0 N–H and O–H groups in total. The standard InChI is InChI=1S/C14H20O4S/c1-4-11(3)19(16,17)13(14(15)18-5-2)12-9-7-6-8-10-12/h6-11,13H,4-5H2,1-3H3. The Morgan fingerprint density at radius 2 is 1.79 bits per heavy atom. The maximum atomic E-state index is 12.5. The molecule has 0 bridgehead atoms. The van der Waals surface area contributed by atoms with Crippen LogP contribution in [0.5, 0.6) is 0 Å². The van der Waals surface area contributed by atoms with Crippen molar-refractivity contribution in [2.45, 2.75) is 37.7 Å². The molecule has 0 aromatic heterocycles. The van der Waals surface area contributed by atoms with Gasteiger partial charge in [0, 0.05) is 0 Å². The summed E-state index contributed by atoms with van der Waals surface area (Å²) in [7, 11) is -3.60. The van der Waals surface area contributed by atoms with Gasteiger partial charge in [-0.15, -0.1) is 0 Å². The van der Waals surface area contributed by atoms with E-state index in [-0.39, 0.29) is 6.61 Å². The van der Waals surface area contributed by atoms with E-state index < -0.39 is 26.3 Å². The van der Waals surface area contributed by atoms with Gasteiger partial charge in [-0.3, -0.25) is 4.79 Å². The summed E-state index contributed by atoms with van der Waals surface area (Å²) in [5.41, 5.74) is 0.459. The fourth-order valence-corrected chi connectivity index (χ4v) is 3.57. The van der Waals surface area contributed by atoms with Crippen LogP contribution in [0, 0.1) is 0 Å². The van der Waals surface area contributed by atoms with Crippen LogP contribution in [0.25, 0.3) is 0 Å². The average molecular weight is 284 g/mol. The van der Waals surface area contributed by atoms with E-state index in [1.54, 1.807) is 51.1 Å². The van der Waals surface area contributed by atoms with Crippen LogP contribution in [0.1, 0.15) is 38.0 Å². The predicted octanol–water partition coefficient (Wildman–Crippen LogP) is 2.50. The molecule has 0 aliphatic rings.